The van der Waals surface area contributed by atoms with Gasteiger partial charge >= 0.3 is 0 Å². The van der Waals surface area contributed by atoms with Crippen LogP contribution in [0.15, 0.2) is 29.6 Å². The van der Waals surface area contributed by atoms with E-state index in [9.17, 15) is 0 Å². The molecule has 3 heteroatoms. The number of thiazole rings is 1. The Kier molecular flexibility index (Phi) is 4.15. The first-order valence-electron chi connectivity index (χ1n) is 5.88. The van der Waals surface area contributed by atoms with Crippen molar-refractivity contribution in [2.75, 3.05) is 7.11 Å². The summed E-state index contributed by atoms with van der Waals surface area (Å²) >= 11 is 1.74. The number of hydrogen-bond acceptors (Lipinski definition) is 3. The van der Waals surface area contributed by atoms with Gasteiger partial charge in [0.25, 0.3) is 0 Å². The van der Waals surface area contributed by atoms with Crippen molar-refractivity contribution in [3.8, 4) is 5.75 Å². The van der Waals surface area contributed by atoms with E-state index in [0.29, 0.717) is 0 Å². The Hall–Kier alpha value is -1.35. The van der Waals surface area contributed by atoms with Crippen LogP contribution in [-0.2, 0) is 12.8 Å². The van der Waals surface area contributed by atoms with E-state index in [2.05, 4.69) is 23.4 Å². The molecular weight excluding hydrogens is 230 g/mol. The van der Waals surface area contributed by atoms with Crippen LogP contribution in [0.25, 0.3) is 0 Å². The Labute approximate surface area is 106 Å². The highest BCUT2D eigenvalue weighted by molar-refractivity contribution is 7.09. The second kappa shape index (κ2) is 5.82. The average molecular weight is 247 g/mol. The number of methoxy groups -OCH3 is 1. The summed E-state index contributed by atoms with van der Waals surface area (Å²) in [6.07, 6.45) is 3.08. The Morgan fingerprint density at radius 3 is 2.88 bits per heavy atom. The minimum Gasteiger partial charge on any atom is -0.496 e. The highest BCUT2D eigenvalue weighted by atomic mass is 32.1. The predicted octanol–water partition coefficient (Wildman–Crippen LogP) is 3.70. The van der Waals surface area contributed by atoms with Crippen molar-refractivity contribution in [3.05, 3.63) is 45.9 Å². The molecule has 0 aliphatic carbocycles. The third-order valence-electron chi connectivity index (χ3n) is 2.64. The van der Waals surface area contributed by atoms with Crippen LogP contribution in [0.4, 0.5) is 0 Å². The Morgan fingerprint density at radius 2 is 2.12 bits per heavy atom. The van der Waals surface area contributed by atoms with Crippen LogP contribution in [-0.4, -0.2) is 12.1 Å². The molecule has 0 bridgehead atoms. The summed E-state index contributed by atoms with van der Waals surface area (Å²) in [6, 6.07) is 8.13. The molecule has 0 aliphatic heterocycles. The molecule has 1 aromatic heterocycles. The number of aryl methyl sites for hydroxylation is 1. The molecule has 0 saturated heterocycles. The standard InChI is InChI=1S/C14H17NOS/c1-3-6-12-10-17-14(15-12)9-11-7-4-5-8-13(11)16-2/h4-5,7-8,10H,3,6,9H2,1-2H3. The Bertz CT molecular complexity index is 479. The topological polar surface area (TPSA) is 22.1 Å². The van der Waals surface area contributed by atoms with Gasteiger partial charge in [0, 0.05) is 17.4 Å². The third-order valence-corrected chi connectivity index (χ3v) is 3.54. The first kappa shape index (κ1) is 12.1. The van der Waals surface area contributed by atoms with Gasteiger partial charge in [-0.05, 0) is 12.5 Å². The zero-order valence-corrected chi connectivity index (χ0v) is 11.1. The molecule has 17 heavy (non-hydrogen) atoms. The fourth-order valence-electron chi connectivity index (χ4n) is 1.81. The van der Waals surface area contributed by atoms with Gasteiger partial charge in [-0.2, -0.15) is 0 Å². The van der Waals surface area contributed by atoms with E-state index in [1.54, 1.807) is 18.4 Å². The van der Waals surface area contributed by atoms with Crippen LogP contribution >= 0.6 is 11.3 Å². The lowest BCUT2D eigenvalue weighted by molar-refractivity contribution is 0.410. The number of ether oxygens (including phenoxy) is 1. The summed E-state index contributed by atoms with van der Waals surface area (Å²) in [5, 5.41) is 3.33. The van der Waals surface area contributed by atoms with Crippen molar-refractivity contribution in [1.82, 2.24) is 4.98 Å². The molecule has 0 N–H and O–H groups in total. The van der Waals surface area contributed by atoms with E-state index in [4.69, 9.17) is 4.74 Å². The summed E-state index contributed by atoms with van der Waals surface area (Å²) in [5.74, 6) is 0.944. The number of hydrogen-bond donors (Lipinski definition) is 0. The van der Waals surface area contributed by atoms with E-state index >= 15 is 0 Å². The van der Waals surface area contributed by atoms with Crippen molar-refractivity contribution in [1.29, 1.82) is 0 Å². The molecule has 0 fully saturated rings. The van der Waals surface area contributed by atoms with Gasteiger partial charge in [-0.25, -0.2) is 4.98 Å². The van der Waals surface area contributed by atoms with Gasteiger partial charge in [-0.15, -0.1) is 11.3 Å². The largest absolute Gasteiger partial charge is 0.496 e. The quantitative estimate of drug-likeness (QED) is 0.804. The fraction of sp³-hybridized carbons (Fsp3) is 0.357. The second-order valence-corrected chi connectivity index (χ2v) is 4.91. The SMILES string of the molecule is CCCc1csc(Cc2ccccc2OC)n1. The summed E-state index contributed by atoms with van der Waals surface area (Å²) in [4.78, 5) is 4.63. The molecule has 0 atom stereocenters. The molecule has 1 heterocycles. The van der Waals surface area contributed by atoms with Gasteiger partial charge in [0.15, 0.2) is 0 Å². The lowest BCUT2D eigenvalue weighted by Crippen LogP contribution is -1.93. The Balaban J connectivity index is 2.13. The van der Waals surface area contributed by atoms with Crippen molar-refractivity contribution < 1.29 is 4.74 Å². The Morgan fingerprint density at radius 1 is 1.29 bits per heavy atom. The lowest BCUT2D eigenvalue weighted by Gasteiger charge is -2.05. The highest BCUT2D eigenvalue weighted by Crippen LogP contribution is 2.22. The van der Waals surface area contributed by atoms with Crippen LogP contribution in [0.1, 0.15) is 29.6 Å². The van der Waals surface area contributed by atoms with E-state index < -0.39 is 0 Å². The molecular formula is C14H17NOS. The first-order valence-corrected chi connectivity index (χ1v) is 6.76. The van der Waals surface area contributed by atoms with Gasteiger partial charge in [-0.3, -0.25) is 0 Å². The highest BCUT2D eigenvalue weighted by Gasteiger charge is 2.06. The molecule has 0 spiro atoms. The van der Waals surface area contributed by atoms with Crippen molar-refractivity contribution in [2.24, 2.45) is 0 Å². The maximum absolute atomic E-state index is 5.35. The minimum atomic E-state index is 0.860. The number of aromatic nitrogens is 1. The molecule has 0 amide bonds. The number of nitrogens with zero attached hydrogens (tertiary/aromatic N) is 1. The van der Waals surface area contributed by atoms with Crippen LogP contribution in [0.5, 0.6) is 5.75 Å². The van der Waals surface area contributed by atoms with Crippen molar-refractivity contribution in [3.63, 3.8) is 0 Å². The third kappa shape index (κ3) is 3.07. The minimum absolute atomic E-state index is 0.860. The van der Waals surface area contributed by atoms with Crippen LogP contribution in [0.3, 0.4) is 0 Å². The molecule has 90 valence electrons. The molecule has 2 aromatic rings. The van der Waals surface area contributed by atoms with Crippen LogP contribution in [0, 0.1) is 0 Å². The zero-order valence-electron chi connectivity index (χ0n) is 10.3. The number of para-hydroxylation sites is 1. The van der Waals surface area contributed by atoms with Gasteiger partial charge in [-0.1, -0.05) is 31.5 Å². The van der Waals surface area contributed by atoms with Gasteiger partial charge in [0.05, 0.1) is 17.8 Å². The second-order valence-electron chi connectivity index (χ2n) is 3.97. The van der Waals surface area contributed by atoms with E-state index in [1.165, 1.54) is 11.3 Å². The zero-order chi connectivity index (χ0) is 12.1. The predicted molar refractivity (Wildman–Crippen MR) is 71.9 cm³/mol. The molecule has 2 rings (SSSR count). The first-order chi connectivity index (χ1) is 8.33. The fourth-order valence-corrected chi connectivity index (χ4v) is 2.66. The monoisotopic (exact) mass is 247 g/mol. The molecule has 0 unspecified atom stereocenters. The van der Waals surface area contributed by atoms with Crippen LogP contribution < -0.4 is 4.74 Å². The van der Waals surface area contributed by atoms with E-state index in [1.807, 2.05) is 18.2 Å². The lowest BCUT2D eigenvalue weighted by atomic mass is 10.1. The summed E-state index contributed by atoms with van der Waals surface area (Å²) in [5.41, 5.74) is 2.41. The summed E-state index contributed by atoms with van der Waals surface area (Å²) < 4.78 is 5.35. The summed E-state index contributed by atoms with van der Waals surface area (Å²) in [7, 11) is 1.71. The van der Waals surface area contributed by atoms with Crippen molar-refractivity contribution >= 4 is 11.3 Å². The van der Waals surface area contributed by atoms with Gasteiger partial charge in [0.1, 0.15) is 5.75 Å². The molecule has 0 aliphatic rings. The average Bonchev–Trinajstić information content (AvgIpc) is 2.78. The van der Waals surface area contributed by atoms with E-state index in [0.717, 1.165) is 30.0 Å². The smallest absolute Gasteiger partial charge is 0.122 e. The maximum Gasteiger partial charge on any atom is 0.122 e. The van der Waals surface area contributed by atoms with Crippen LogP contribution in [0.2, 0.25) is 0 Å². The van der Waals surface area contributed by atoms with Crippen molar-refractivity contribution in [2.45, 2.75) is 26.2 Å². The number of benzene rings is 1. The molecule has 0 radical (unpaired) electrons. The van der Waals surface area contributed by atoms with E-state index in [-0.39, 0.29) is 0 Å². The van der Waals surface area contributed by atoms with Gasteiger partial charge in [0.2, 0.25) is 0 Å². The van der Waals surface area contributed by atoms with Gasteiger partial charge < -0.3 is 4.74 Å². The molecule has 2 nitrogen and oxygen atoms in total. The molecule has 0 saturated carbocycles. The maximum atomic E-state index is 5.35. The summed E-state index contributed by atoms with van der Waals surface area (Å²) in [6.45, 7) is 2.18. The normalized spacial score (nSPS) is 10.5. The molecule has 1 aromatic carbocycles. The number of rotatable bonds is 5.